The van der Waals surface area contributed by atoms with Crippen molar-refractivity contribution in [1.82, 2.24) is 0 Å². The molecule has 19 heavy (non-hydrogen) atoms. The van der Waals surface area contributed by atoms with Crippen molar-refractivity contribution in [3.63, 3.8) is 0 Å². The first kappa shape index (κ1) is 15.8. The Morgan fingerprint density at radius 1 is 1.26 bits per heavy atom. The first-order valence-corrected chi connectivity index (χ1v) is 7.35. The standard InChI is InChI=1S/C15H20O3S/c1-4-18-14(17)15(3,12(2)16)19-11-10-13-8-6-5-7-9-13/h5-9H,4,10-11H2,1-3H3/t15-/m0/s1. The minimum atomic E-state index is -1.09. The molecule has 0 saturated heterocycles. The summed E-state index contributed by atoms with van der Waals surface area (Å²) in [5.74, 6) is 0.100. The fraction of sp³-hybridized carbons (Fsp3) is 0.467. The monoisotopic (exact) mass is 280 g/mol. The molecular weight excluding hydrogens is 260 g/mol. The third-order valence-corrected chi connectivity index (χ3v) is 4.40. The second-order valence-corrected chi connectivity index (χ2v) is 5.91. The van der Waals surface area contributed by atoms with Crippen LogP contribution in [0.4, 0.5) is 0 Å². The van der Waals surface area contributed by atoms with Gasteiger partial charge in [0.1, 0.15) is 0 Å². The average molecular weight is 280 g/mol. The van der Waals surface area contributed by atoms with Gasteiger partial charge < -0.3 is 4.74 Å². The molecular formula is C15H20O3S. The van der Waals surface area contributed by atoms with Gasteiger partial charge in [-0.1, -0.05) is 30.3 Å². The van der Waals surface area contributed by atoms with Crippen LogP contribution in [0.25, 0.3) is 0 Å². The minimum absolute atomic E-state index is 0.163. The van der Waals surface area contributed by atoms with Gasteiger partial charge in [0.15, 0.2) is 10.5 Å². The number of ether oxygens (including phenoxy) is 1. The van der Waals surface area contributed by atoms with E-state index in [2.05, 4.69) is 0 Å². The topological polar surface area (TPSA) is 43.4 Å². The smallest absolute Gasteiger partial charge is 0.329 e. The van der Waals surface area contributed by atoms with Crippen LogP contribution < -0.4 is 0 Å². The number of Topliss-reactive ketones (excluding diaryl/α,β-unsaturated/α-hetero) is 1. The van der Waals surface area contributed by atoms with Crippen molar-refractivity contribution < 1.29 is 14.3 Å². The van der Waals surface area contributed by atoms with Crippen LogP contribution in [-0.4, -0.2) is 28.9 Å². The summed E-state index contributed by atoms with van der Waals surface area (Å²) in [4.78, 5) is 23.6. The molecule has 0 unspecified atom stereocenters. The van der Waals surface area contributed by atoms with E-state index in [0.29, 0.717) is 12.4 Å². The molecule has 0 saturated carbocycles. The van der Waals surface area contributed by atoms with E-state index in [1.54, 1.807) is 13.8 Å². The predicted octanol–water partition coefficient (Wildman–Crippen LogP) is 2.87. The molecule has 1 aromatic carbocycles. The van der Waals surface area contributed by atoms with Gasteiger partial charge in [0.2, 0.25) is 0 Å². The van der Waals surface area contributed by atoms with E-state index in [1.807, 2.05) is 30.3 Å². The van der Waals surface area contributed by atoms with E-state index in [9.17, 15) is 9.59 Å². The summed E-state index contributed by atoms with van der Waals surface area (Å²) in [5.41, 5.74) is 1.20. The molecule has 0 radical (unpaired) electrons. The Morgan fingerprint density at radius 3 is 2.42 bits per heavy atom. The normalized spacial score (nSPS) is 13.6. The number of aryl methyl sites for hydroxylation is 1. The summed E-state index contributed by atoms with van der Waals surface area (Å²) in [6.07, 6.45) is 0.827. The van der Waals surface area contributed by atoms with Crippen LogP contribution in [0.1, 0.15) is 26.3 Å². The van der Waals surface area contributed by atoms with Crippen molar-refractivity contribution in [3.8, 4) is 0 Å². The molecule has 0 spiro atoms. The number of hydrogen-bond acceptors (Lipinski definition) is 4. The molecule has 104 valence electrons. The number of esters is 1. The molecule has 0 fully saturated rings. The van der Waals surface area contributed by atoms with Crippen molar-refractivity contribution >= 4 is 23.5 Å². The number of carbonyl (C=O) groups is 2. The van der Waals surface area contributed by atoms with E-state index in [4.69, 9.17) is 4.74 Å². The van der Waals surface area contributed by atoms with Gasteiger partial charge in [0.05, 0.1) is 6.61 Å². The highest BCUT2D eigenvalue weighted by Gasteiger charge is 2.40. The molecule has 0 amide bonds. The van der Waals surface area contributed by atoms with Crippen LogP contribution in [0, 0.1) is 0 Å². The molecule has 0 aliphatic carbocycles. The molecule has 0 bridgehead atoms. The number of benzene rings is 1. The maximum atomic E-state index is 11.9. The summed E-state index contributed by atoms with van der Waals surface area (Å²) in [7, 11) is 0. The van der Waals surface area contributed by atoms with Crippen molar-refractivity contribution in [3.05, 3.63) is 35.9 Å². The van der Waals surface area contributed by atoms with Crippen molar-refractivity contribution in [2.24, 2.45) is 0 Å². The van der Waals surface area contributed by atoms with Crippen LogP contribution in [0.2, 0.25) is 0 Å². The lowest BCUT2D eigenvalue weighted by molar-refractivity contribution is -0.148. The summed E-state index contributed by atoms with van der Waals surface area (Å²) in [6, 6.07) is 10.0. The highest BCUT2D eigenvalue weighted by molar-refractivity contribution is 8.02. The van der Waals surface area contributed by atoms with E-state index in [0.717, 1.165) is 6.42 Å². The second-order valence-electron chi connectivity index (χ2n) is 4.39. The van der Waals surface area contributed by atoms with Gasteiger partial charge in [-0.15, -0.1) is 11.8 Å². The van der Waals surface area contributed by atoms with E-state index >= 15 is 0 Å². The number of thioether (sulfide) groups is 1. The second kappa shape index (κ2) is 7.34. The Labute approximate surface area is 118 Å². The number of rotatable bonds is 7. The van der Waals surface area contributed by atoms with Crippen molar-refractivity contribution in [2.75, 3.05) is 12.4 Å². The predicted molar refractivity (Wildman–Crippen MR) is 78.3 cm³/mol. The Bertz CT molecular complexity index is 430. The maximum Gasteiger partial charge on any atom is 0.329 e. The Kier molecular flexibility index (Phi) is 6.09. The van der Waals surface area contributed by atoms with Gasteiger partial charge >= 0.3 is 5.97 Å². The van der Waals surface area contributed by atoms with E-state index in [-0.39, 0.29) is 5.78 Å². The minimum Gasteiger partial charge on any atom is -0.465 e. The van der Waals surface area contributed by atoms with Crippen LogP contribution in [0.15, 0.2) is 30.3 Å². The highest BCUT2D eigenvalue weighted by atomic mass is 32.2. The zero-order valence-electron chi connectivity index (χ0n) is 11.6. The van der Waals surface area contributed by atoms with Crippen LogP contribution in [0.5, 0.6) is 0 Å². The lowest BCUT2D eigenvalue weighted by Crippen LogP contribution is -2.41. The molecule has 1 rings (SSSR count). The summed E-state index contributed by atoms with van der Waals surface area (Å²) in [5, 5.41) is 0. The molecule has 3 nitrogen and oxygen atoms in total. The first-order valence-electron chi connectivity index (χ1n) is 6.37. The summed E-state index contributed by atoms with van der Waals surface area (Å²) >= 11 is 1.35. The zero-order valence-corrected chi connectivity index (χ0v) is 12.5. The highest BCUT2D eigenvalue weighted by Crippen LogP contribution is 2.28. The van der Waals surface area contributed by atoms with Crippen molar-refractivity contribution in [1.29, 1.82) is 0 Å². The van der Waals surface area contributed by atoms with Gasteiger partial charge in [0.25, 0.3) is 0 Å². The third-order valence-electron chi connectivity index (χ3n) is 2.96. The molecule has 0 aromatic heterocycles. The third kappa shape index (κ3) is 4.39. The maximum absolute atomic E-state index is 11.9. The molecule has 1 aromatic rings. The van der Waals surface area contributed by atoms with Gasteiger partial charge in [0, 0.05) is 0 Å². The number of ketones is 1. The molecule has 0 aliphatic heterocycles. The fourth-order valence-corrected chi connectivity index (χ4v) is 2.72. The largest absolute Gasteiger partial charge is 0.465 e. The van der Waals surface area contributed by atoms with Gasteiger partial charge in [-0.25, -0.2) is 0 Å². The molecule has 0 aliphatic rings. The number of carbonyl (C=O) groups excluding carboxylic acids is 2. The average Bonchev–Trinajstić information content (AvgIpc) is 2.39. The molecule has 0 N–H and O–H groups in total. The number of hydrogen-bond donors (Lipinski definition) is 0. The quantitative estimate of drug-likeness (QED) is 0.569. The Morgan fingerprint density at radius 2 is 1.89 bits per heavy atom. The lowest BCUT2D eigenvalue weighted by Gasteiger charge is -2.23. The Hall–Kier alpha value is -1.29. The van der Waals surface area contributed by atoms with Crippen LogP contribution >= 0.6 is 11.8 Å². The first-order chi connectivity index (χ1) is 9.00. The van der Waals surface area contributed by atoms with Gasteiger partial charge in [-0.05, 0) is 38.5 Å². The SMILES string of the molecule is CCOC(=O)[C@@](C)(SCCc1ccccc1)C(C)=O. The molecule has 4 heteroatoms. The lowest BCUT2D eigenvalue weighted by atomic mass is 10.1. The van der Waals surface area contributed by atoms with E-state index < -0.39 is 10.7 Å². The Balaban J connectivity index is 2.60. The van der Waals surface area contributed by atoms with Gasteiger partial charge in [-0.2, -0.15) is 0 Å². The van der Waals surface area contributed by atoms with Gasteiger partial charge in [-0.3, -0.25) is 9.59 Å². The van der Waals surface area contributed by atoms with Crippen LogP contribution in [-0.2, 0) is 20.7 Å². The molecule has 1 atom stereocenters. The van der Waals surface area contributed by atoms with Crippen LogP contribution in [0.3, 0.4) is 0 Å². The summed E-state index contributed by atoms with van der Waals surface area (Å²) < 4.78 is 3.90. The fourth-order valence-electron chi connectivity index (χ4n) is 1.59. The summed E-state index contributed by atoms with van der Waals surface area (Å²) in [6.45, 7) is 5.11. The zero-order chi connectivity index (χ0) is 14.3. The van der Waals surface area contributed by atoms with E-state index in [1.165, 1.54) is 24.2 Å². The van der Waals surface area contributed by atoms with Crippen molar-refractivity contribution in [2.45, 2.75) is 31.9 Å². The molecule has 0 heterocycles.